The van der Waals surface area contributed by atoms with E-state index in [0.29, 0.717) is 17.9 Å². The number of benzene rings is 1. The van der Waals surface area contributed by atoms with E-state index in [9.17, 15) is 4.79 Å². The van der Waals surface area contributed by atoms with Gasteiger partial charge in [-0.25, -0.2) is 0 Å². The van der Waals surface area contributed by atoms with Crippen molar-refractivity contribution in [2.75, 3.05) is 6.61 Å². The van der Waals surface area contributed by atoms with Crippen LogP contribution >= 0.6 is 0 Å². The lowest BCUT2D eigenvalue weighted by molar-refractivity contribution is -0.142. The Balaban J connectivity index is 2.25. The van der Waals surface area contributed by atoms with Gasteiger partial charge in [-0.1, -0.05) is 17.3 Å². The Bertz CT molecular complexity index is 475. The van der Waals surface area contributed by atoms with Crippen LogP contribution in [0, 0.1) is 0 Å². The molecule has 0 atom stereocenters. The highest BCUT2D eigenvalue weighted by atomic mass is 16.5. The standard InChI is InChI=1S/C11H11NO3/c1-2-14-11(13)7-9-8-5-3-4-6-10(8)15-12-9/h3-6H,2,7H2,1H3. The molecule has 78 valence electrons. The summed E-state index contributed by atoms with van der Waals surface area (Å²) in [6.07, 6.45) is 0.158. The van der Waals surface area contributed by atoms with Gasteiger partial charge < -0.3 is 9.26 Å². The molecule has 0 saturated heterocycles. The predicted molar refractivity (Wildman–Crippen MR) is 54.3 cm³/mol. The predicted octanol–water partition coefficient (Wildman–Crippen LogP) is 1.93. The lowest BCUT2D eigenvalue weighted by atomic mass is 10.2. The fourth-order valence-electron chi connectivity index (χ4n) is 1.41. The van der Waals surface area contributed by atoms with Crippen molar-refractivity contribution in [3.8, 4) is 0 Å². The Hall–Kier alpha value is -1.84. The van der Waals surface area contributed by atoms with Crippen LogP contribution in [0.2, 0.25) is 0 Å². The molecular weight excluding hydrogens is 194 g/mol. The van der Waals surface area contributed by atoms with E-state index in [2.05, 4.69) is 5.16 Å². The molecule has 2 aromatic rings. The first kappa shape index (κ1) is 9.71. The van der Waals surface area contributed by atoms with Crippen molar-refractivity contribution in [3.05, 3.63) is 30.0 Å². The summed E-state index contributed by atoms with van der Waals surface area (Å²) in [6.45, 7) is 2.16. The molecule has 0 N–H and O–H groups in total. The van der Waals surface area contributed by atoms with Crippen LogP contribution in [0.25, 0.3) is 11.0 Å². The first-order chi connectivity index (χ1) is 7.31. The molecule has 0 aliphatic heterocycles. The average molecular weight is 205 g/mol. The molecule has 0 bridgehead atoms. The molecule has 15 heavy (non-hydrogen) atoms. The van der Waals surface area contributed by atoms with Gasteiger partial charge in [-0.05, 0) is 19.1 Å². The lowest BCUT2D eigenvalue weighted by Crippen LogP contribution is -2.07. The van der Waals surface area contributed by atoms with Crippen LogP contribution in [-0.4, -0.2) is 17.7 Å². The molecule has 0 spiro atoms. The van der Waals surface area contributed by atoms with Gasteiger partial charge in [0.15, 0.2) is 5.58 Å². The molecule has 4 nitrogen and oxygen atoms in total. The van der Waals surface area contributed by atoms with E-state index in [0.717, 1.165) is 5.39 Å². The molecule has 1 aromatic heterocycles. The van der Waals surface area contributed by atoms with E-state index in [1.165, 1.54) is 0 Å². The summed E-state index contributed by atoms with van der Waals surface area (Å²) in [5.41, 5.74) is 1.32. The van der Waals surface area contributed by atoms with Gasteiger partial charge >= 0.3 is 5.97 Å². The Morgan fingerprint density at radius 1 is 1.47 bits per heavy atom. The smallest absolute Gasteiger partial charge is 0.312 e. The number of hydrogen-bond donors (Lipinski definition) is 0. The van der Waals surface area contributed by atoms with Crippen LogP contribution in [0.15, 0.2) is 28.8 Å². The summed E-state index contributed by atoms with van der Waals surface area (Å²) in [4.78, 5) is 11.3. The van der Waals surface area contributed by atoms with Crippen molar-refractivity contribution in [1.29, 1.82) is 0 Å². The van der Waals surface area contributed by atoms with Gasteiger partial charge in [0.25, 0.3) is 0 Å². The topological polar surface area (TPSA) is 52.3 Å². The summed E-state index contributed by atoms with van der Waals surface area (Å²) in [7, 11) is 0. The zero-order chi connectivity index (χ0) is 10.7. The van der Waals surface area contributed by atoms with E-state index in [1.54, 1.807) is 6.92 Å². The van der Waals surface area contributed by atoms with E-state index in [4.69, 9.17) is 9.26 Å². The Labute approximate surface area is 86.8 Å². The molecular formula is C11H11NO3. The van der Waals surface area contributed by atoms with Crippen LogP contribution < -0.4 is 0 Å². The van der Waals surface area contributed by atoms with Gasteiger partial charge in [0.2, 0.25) is 0 Å². The van der Waals surface area contributed by atoms with Gasteiger partial charge in [0.05, 0.1) is 13.0 Å². The van der Waals surface area contributed by atoms with Crippen LogP contribution in [0.3, 0.4) is 0 Å². The Morgan fingerprint density at radius 2 is 2.27 bits per heavy atom. The minimum absolute atomic E-state index is 0.158. The molecule has 0 amide bonds. The van der Waals surface area contributed by atoms with E-state index >= 15 is 0 Å². The quantitative estimate of drug-likeness (QED) is 0.718. The number of rotatable bonds is 3. The van der Waals surface area contributed by atoms with Crippen molar-refractivity contribution in [3.63, 3.8) is 0 Å². The van der Waals surface area contributed by atoms with E-state index < -0.39 is 0 Å². The number of carbonyl (C=O) groups excluding carboxylic acids is 1. The van der Waals surface area contributed by atoms with Gasteiger partial charge in [-0.2, -0.15) is 0 Å². The highest BCUT2D eigenvalue weighted by molar-refractivity contribution is 5.84. The number of esters is 1. The minimum Gasteiger partial charge on any atom is -0.466 e. The summed E-state index contributed by atoms with van der Waals surface area (Å²) in [5, 5.41) is 4.71. The second-order valence-electron chi connectivity index (χ2n) is 3.11. The largest absolute Gasteiger partial charge is 0.466 e. The minimum atomic E-state index is -0.281. The van der Waals surface area contributed by atoms with Gasteiger partial charge in [0.1, 0.15) is 5.69 Å². The number of aromatic nitrogens is 1. The van der Waals surface area contributed by atoms with E-state index in [1.807, 2.05) is 24.3 Å². The monoisotopic (exact) mass is 205 g/mol. The van der Waals surface area contributed by atoms with Crippen LogP contribution in [0.5, 0.6) is 0 Å². The third-order valence-corrected chi connectivity index (χ3v) is 2.07. The highest BCUT2D eigenvalue weighted by Crippen LogP contribution is 2.18. The Morgan fingerprint density at radius 3 is 3.07 bits per heavy atom. The number of hydrogen-bond acceptors (Lipinski definition) is 4. The first-order valence-electron chi connectivity index (χ1n) is 4.80. The number of nitrogens with zero attached hydrogens (tertiary/aromatic N) is 1. The molecule has 0 fully saturated rings. The first-order valence-corrected chi connectivity index (χ1v) is 4.80. The molecule has 1 aromatic carbocycles. The van der Waals surface area contributed by atoms with Crippen molar-refractivity contribution >= 4 is 16.9 Å². The normalized spacial score (nSPS) is 10.5. The molecule has 0 aliphatic carbocycles. The second-order valence-corrected chi connectivity index (χ2v) is 3.11. The summed E-state index contributed by atoms with van der Waals surface area (Å²) >= 11 is 0. The molecule has 0 unspecified atom stereocenters. The molecule has 0 aliphatic rings. The zero-order valence-corrected chi connectivity index (χ0v) is 8.40. The molecule has 0 saturated carbocycles. The second kappa shape index (κ2) is 4.13. The maximum atomic E-state index is 11.3. The van der Waals surface area contributed by atoms with Crippen LogP contribution in [-0.2, 0) is 16.0 Å². The van der Waals surface area contributed by atoms with Crippen molar-refractivity contribution < 1.29 is 14.1 Å². The maximum absolute atomic E-state index is 11.3. The Kier molecular flexibility index (Phi) is 2.67. The number of ether oxygens (including phenoxy) is 1. The number of carbonyl (C=O) groups is 1. The summed E-state index contributed by atoms with van der Waals surface area (Å²) in [6, 6.07) is 7.44. The fourth-order valence-corrected chi connectivity index (χ4v) is 1.41. The fraction of sp³-hybridized carbons (Fsp3) is 0.273. The molecule has 4 heteroatoms. The maximum Gasteiger partial charge on any atom is 0.312 e. The van der Waals surface area contributed by atoms with Crippen molar-refractivity contribution in [2.24, 2.45) is 0 Å². The number of fused-ring (bicyclic) bond motifs is 1. The van der Waals surface area contributed by atoms with Gasteiger partial charge in [-0.15, -0.1) is 0 Å². The van der Waals surface area contributed by atoms with Crippen LogP contribution in [0.4, 0.5) is 0 Å². The van der Waals surface area contributed by atoms with E-state index in [-0.39, 0.29) is 12.4 Å². The average Bonchev–Trinajstić information content (AvgIpc) is 2.62. The van der Waals surface area contributed by atoms with Crippen molar-refractivity contribution in [1.82, 2.24) is 5.16 Å². The highest BCUT2D eigenvalue weighted by Gasteiger charge is 2.11. The molecule has 0 radical (unpaired) electrons. The summed E-state index contributed by atoms with van der Waals surface area (Å²) in [5.74, 6) is -0.281. The summed E-state index contributed by atoms with van der Waals surface area (Å²) < 4.78 is 9.91. The lowest BCUT2D eigenvalue weighted by Gasteiger charge is -1.98. The van der Waals surface area contributed by atoms with Gasteiger partial charge in [0, 0.05) is 5.39 Å². The third kappa shape index (κ3) is 1.98. The molecule has 2 rings (SSSR count). The zero-order valence-electron chi connectivity index (χ0n) is 8.40. The molecule has 1 heterocycles. The van der Waals surface area contributed by atoms with Crippen molar-refractivity contribution in [2.45, 2.75) is 13.3 Å². The number of para-hydroxylation sites is 1. The van der Waals surface area contributed by atoms with Crippen LogP contribution in [0.1, 0.15) is 12.6 Å². The third-order valence-electron chi connectivity index (χ3n) is 2.07. The van der Waals surface area contributed by atoms with Gasteiger partial charge in [-0.3, -0.25) is 4.79 Å². The SMILES string of the molecule is CCOC(=O)Cc1noc2ccccc12.